The van der Waals surface area contributed by atoms with E-state index in [9.17, 15) is 8.42 Å². The maximum atomic E-state index is 11.5. The summed E-state index contributed by atoms with van der Waals surface area (Å²) in [7, 11) is -3.52. The van der Waals surface area contributed by atoms with E-state index in [0.717, 1.165) is 10.0 Å². The van der Waals surface area contributed by atoms with Gasteiger partial charge in [0.05, 0.1) is 5.69 Å². The molecule has 0 unspecified atom stereocenters. The molecule has 1 aromatic rings. The Morgan fingerprint density at radius 2 is 2.12 bits per heavy atom. The SMILES string of the molecule is Cc1cc(NS(=O)(=O)NCCN)ccc1Br. The summed E-state index contributed by atoms with van der Waals surface area (Å²) in [5, 5.41) is 0. The fourth-order valence-corrected chi connectivity index (χ4v) is 2.24. The van der Waals surface area contributed by atoms with Crippen LogP contribution in [0.25, 0.3) is 0 Å². The number of anilines is 1. The molecule has 0 aromatic heterocycles. The van der Waals surface area contributed by atoms with Crippen molar-refractivity contribution in [1.82, 2.24) is 4.72 Å². The summed E-state index contributed by atoms with van der Waals surface area (Å²) in [4.78, 5) is 0. The molecule has 1 rings (SSSR count). The number of nitrogens with two attached hydrogens (primary N) is 1. The highest BCUT2D eigenvalue weighted by Gasteiger charge is 2.08. The summed E-state index contributed by atoms with van der Waals surface area (Å²) in [6, 6.07) is 5.21. The third-order valence-corrected chi connectivity index (χ3v) is 3.82. The highest BCUT2D eigenvalue weighted by molar-refractivity contribution is 9.10. The van der Waals surface area contributed by atoms with E-state index in [0.29, 0.717) is 5.69 Å². The smallest absolute Gasteiger partial charge is 0.299 e. The maximum Gasteiger partial charge on any atom is 0.299 e. The minimum absolute atomic E-state index is 0.213. The zero-order valence-corrected chi connectivity index (χ0v) is 11.2. The van der Waals surface area contributed by atoms with E-state index in [1.807, 2.05) is 6.92 Å². The summed E-state index contributed by atoms with van der Waals surface area (Å²) >= 11 is 3.34. The Hall–Kier alpha value is -0.630. The average Bonchev–Trinajstić information content (AvgIpc) is 2.20. The minimum Gasteiger partial charge on any atom is -0.329 e. The molecular formula is C9H14BrN3O2S. The van der Waals surface area contributed by atoms with E-state index < -0.39 is 10.2 Å². The van der Waals surface area contributed by atoms with Crippen molar-refractivity contribution in [2.75, 3.05) is 17.8 Å². The van der Waals surface area contributed by atoms with Gasteiger partial charge in [-0.25, -0.2) is 0 Å². The Labute approximate surface area is 104 Å². The molecule has 0 aliphatic carbocycles. The van der Waals surface area contributed by atoms with Gasteiger partial charge >= 0.3 is 0 Å². The van der Waals surface area contributed by atoms with Crippen LogP contribution in [0.3, 0.4) is 0 Å². The van der Waals surface area contributed by atoms with Crippen LogP contribution in [0.5, 0.6) is 0 Å². The van der Waals surface area contributed by atoms with E-state index in [2.05, 4.69) is 25.4 Å². The summed E-state index contributed by atoms with van der Waals surface area (Å²) in [6.07, 6.45) is 0. The lowest BCUT2D eigenvalue weighted by Gasteiger charge is -2.09. The third-order valence-electron chi connectivity index (χ3n) is 1.85. The molecule has 16 heavy (non-hydrogen) atoms. The number of hydrogen-bond acceptors (Lipinski definition) is 3. The van der Waals surface area contributed by atoms with E-state index in [4.69, 9.17) is 5.73 Å². The molecule has 0 atom stereocenters. The molecule has 90 valence electrons. The van der Waals surface area contributed by atoms with Crippen LogP contribution in [0.15, 0.2) is 22.7 Å². The van der Waals surface area contributed by atoms with Crippen LogP contribution in [-0.2, 0) is 10.2 Å². The Morgan fingerprint density at radius 1 is 1.44 bits per heavy atom. The van der Waals surface area contributed by atoms with Gasteiger partial charge in [-0.15, -0.1) is 0 Å². The predicted molar refractivity (Wildman–Crippen MR) is 68.5 cm³/mol. The van der Waals surface area contributed by atoms with Gasteiger partial charge in [0.2, 0.25) is 0 Å². The van der Waals surface area contributed by atoms with Crippen LogP contribution < -0.4 is 15.2 Å². The average molecular weight is 308 g/mol. The van der Waals surface area contributed by atoms with Crippen molar-refractivity contribution < 1.29 is 8.42 Å². The lowest BCUT2D eigenvalue weighted by atomic mass is 10.2. The molecular weight excluding hydrogens is 294 g/mol. The zero-order chi connectivity index (χ0) is 12.2. The number of halogens is 1. The second-order valence-corrected chi connectivity index (χ2v) is 5.61. The topological polar surface area (TPSA) is 84.2 Å². The molecule has 0 bridgehead atoms. The van der Waals surface area contributed by atoms with Crippen LogP contribution in [0.4, 0.5) is 5.69 Å². The van der Waals surface area contributed by atoms with Crippen LogP contribution >= 0.6 is 15.9 Å². The molecule has 0 fully saturated rings. The van der Waals surface area contributed by atoms with Gasteiger partial charge in [0.15, 0.2) is 0 Å². The van der Waals surface area contributed by atoms with Crippen molar-refractivity contribution >= 4 is 31.8 Å². The molecule has 0 heterocycles. The summed E-state index contributed by atoms with van der Waals surface area (Å²) in [5.41, 5.74) is 6.69. The minimum atomic E-state index is -3.52. The standard InChI is InChI=1S/C9H14BrN3O2S/c1-7-6-8(2-3-9(7)10)13-16(14,15)12-5-4-11/h2-3,6,12-13H,4-5,11H2,1H3. The van der Waals surface area contributed by atoms with Crippen molar-refractivity contribution in [3.63, 3.8) is 0 Å². The number of nitrogens with one attached hydrogen (secondary N) is 2. The largest absolute Gasteiger partial charge is 0.329 e. The van der Waals surface area contributed by atoms with Crippen LogP contribution in [0.1, 0.15) is 5.56 Å². The Kier molecular flexibility index (Phi) is 4.72. The Balaban J connectivity index is 2.76. The van der Waals surface area contributed by atoms with Gasteiger partial charge in [-0.1, -0.05) is 15.9 Å². The lowest BCUT2D eigenvalue weighted by molar-refractivity contribution is 0.587. The van der Waals surface area contributed by atoms with Gasteiger partial charge in [-0.2, -0.15) is 13.1 Å². The summed E-state index contributed by atoms with van der Waals surface area (Å²) < 4.78 is 28.6. The predicted octanol–water partition coefficient (Wildman–Crippen LogP) is 0.963. The van der Waals surface area contributed by atoms with E-state index in [1.165, 1.54) is 0 Å². The highest BCUT2D eigenvalue weighted by Crippen LogP contribution is 2.20. The van der Waals surface area contributed by atoms with E-state index in [-0.39, 0.29) is 13.1 Å². The first-order valence-corrected chi connectivity index (χ1v) is 6.96. The van der Waals surface area contributed by atoms with Gasteiger partial charge in [-0.3, -0.25) is 4.72 Å². The first-order valence-electron chi connectivity index (χ1n) is 4.68. The molecule has 0 saturated heterocycles. The summed E-state index contributed by atoms with van der Waals surface area (Å²) in [6.45, 7) is 2.36. The van der Waals surface area contributed by atoms with E-state index in [1.54, 1.807) is 18.2 Å². The number of rotatable bonds is 5. The summed E-state index contributed by atoms with van der Waals surface area (Å²) in [5.74, 6) is 0. The molecule has 0 aliphatic rings. The van der Waals surface area contributed by atoms with Crippen LogP contribution in [-0.4, -0.2) is 21.5 Å². The fourth-order valence-electron chi connectivity index (χ4n) is 1.09. The number of benzene rings is 1. The molecule has 1 aromatic carbocycles. The van der Waals surface area contributed by atoms with Crippen molar-refractivity contribution in [2.45, 2.75) is 6.92 Å². The quantitative estimate of drug-likeness (QED) is 0.757. The molecule has 0 spiro atoms. The number of hydrogen-bond donors (Lipinski definition) is 3. The molecule has 0 radical (unpaired) electrons. The molecule has 5 nitrogen and oxygen atoms in total. The van der Waals surface area contributed by atoms with Gasteiger partial charge in [0.1, 0.15) is 0 Å². The van der Waals surface area contributed by atoms with Crippen molar-refractivity contribution in [1.29, 1.82) is 0 Å². The van der Waals surface area contributed by atoms with E-state index >= 15 is 0 Å². The monoisotopic (exact) mass is 307 g/mol. The maximum absolute atomic E-state index is 11.5. The Morgan fingerprint density at radius 3 is 2.69 bits per heavy atom. The fraction of sp³-hybridized carbons (Fsp3) is 0.333. The molecule has 0 saturated carbocycles. The highest BCUT2D eigenvalue weighted by atomic mass is 79.9. The van der Waals surface area contributed by atoms with Gasteiger partial charge in [0.25, 0.3) is 10.2 Å². The first kappa shape index (κ1) is 13.4. The normalized spacial score (nSPS) is 11.4. The first-order chi connectivity index (χ1) is 7.44. The van der Waals surface area contributed by atoms with Crippen LogP contribution in [0, 0.1) is 6.92 Å². The third kappa shape index (κ3) is 4.09. The molecule has 0 amide bonds. The van der Waals surface area contributed by atoms with Gasteiger partial charge in [0, 0.05) is 17.6 Å². The second kappa shape index (κ2) is 5.62. The second-order valence-electron chi connectivity index (χ2n) is 3.25. The molecule has 7 heteroatoms. The van der Waals surface area contributed by atoms with Gasteiger partial charge < -0.3 is 5.73 Å². The lowest BCUT2D eigenvalue weighted by Crippen LogP contribution is -2.33. The van der Waals surface area contributed by atoms with Crippen molar-refractivity contribution in [2.24, 2.45) is 5.73 Å². The molecule has 4 N–H and O–H groups in total. The van der Waals surface area contributed by atoms with Crippen LogP contribution in [0.2, 0.25) is 0 Å². The zero-order valence-electron chi connectivity index (χ0n) is 8.83. The Bertz CT molecular complexity index is 462. The van der Waals surface area contributed by atoms with Crippen molar-refractivity contribution in [3.05, 3.63) is 28.2 Å². The number of aryl methyl sites for hydroxylation is 1. The molecule has 0 aliphatic heterocycles. The van der Waals surface area contributed by atoms with Crippen molar-refractivity contribution in [3.8, 4) is 0 Å². The van der Waals surface area contributed by atoms with Gasteiger partial charge in [-0.05, 0) is 30.7 Å².